The number of carbonyl (C=O) groups excluding carboxylic acids is 2. The van der Waals surface area contributed by atoms with Gasteiger partial charge in [0.05, 0.1) is 25.5 Å². The fourth-order valence-corrected chi connectivity index (χ4v) is 5.03. The molecule has 0 spiro atoms. The van der Waals surface area contributed by atoms with Crippen molar-refractivity contribution in [2.45, 2.75) is 70.7 Å². The number of piperidine rings is 1. The molecule has 2 fully saturated rings. The lowest BCUT2D eigenvalue weighted by molar-refractivity contribution is -0.125. The maximum Gasteiger partial charge on any atom is 0.410 e. The van der Waals surface area contributed by atoms with Crippen LogP contribution in [0.3, 0.4) is 0 Å². The lowest BCUT2D eigenvalue weighted by atomic mass is 10.1. The van der Waals surface area contributed by atoms with Crippen LogP contribution in [0.2, 0.25) is 0 Å². The van der Waals surface area contributed by atoms with E-state index in [0.29, 0.717) is 56.4 Å². The summed E-state index contributed by atoms with van der Waals surface area (Å²) < 4.78 is 7.77. The highest BCUT2D eigenvalue weighted by Crippen LogP contribution is 2.26. The first kappa shape index (κ1) is 30.5. The number of hydrogen-bond donors (Lipinski definition) is 3. The molecule has 0 aliphatic carbocycles. The number of aromatic nitrogens is 4. The Balaban J connectivity index is 1.32. The van der Waals surface area contributed by atoms with Crippen LogP contribution in [-0.2, 0) is 9.53 Å². The molecular formula is C28H45N9O4. The molecule has 2 saturated heterocycles. The van der Waals surface area contributed by atoms with Crippen molar-refractivity contribution in [3.63, 3.8) is 0 Å². The van der Waals surface area contributed by atoms with Gasteiger partial charge in [-0.2, -0.15) is 9.97 Å². The Kier molecular flexibility index (Phi) is 10.4. The summed E-state index contributed by atoms with van der Waals surface area (Å²) in [6.07, 6.45) is 7.45. The fourth-order valence-electron chi connectivity index (χ4n) is 5.03. The van der Waals surface area contributed by atoms with E-state index in [1.807, 2.05) is 36.6 Å². The standard InChI is InChI=1S/C28H45N9O4/c1-6-20(17-38)31-27-32-25(24-26(33-27)37(18-29-24)19(2)3)30-21-9-13-35(14-10-21)28(40)41-22-11-15-36(16-22)23(39)8-7-12-34(4)5/h7-8,18-22,38H,6,9-17H2,1-5H3,(H2,30,31,32,33)/b8-7+/t20-,22-/m1/s1. The lowest BCUT2D eigenvalue weighted by Gasteiger charge is -2.32. The Hall–Kier alpha value is -3.45. The minimum Gasteiger partial charge on any atom is -0.444 e. The smallest absolute Gasteiger partial charge is 0.410 e. The van der Waals surface area contributed by atoms with E-state index in [1.165, 1.54) is 0 Å². The second-order valence-electron chi connectivity index (χ2n) is 11.4. The minimum atomic E-state index is -0.327. The van der Waals surface area contributed by atoms with Gasteiger partial charge in [-0.25, -0.2) is 9.78 Å². The molecule has 4 rings (SSSR count). The van der Waals surface area contributed by atoms with Crippen LogP contribution in [0.15, 0.2) is 18.5 Å². The molecule has 13 nitrogen and oxygen atoms in total. The molecule has 41 heavy (non-hydrogen) atoms. The van der Waals surface area contributed by atoms with Gasteiger partial charge in [0.25, 0.3) is 0 Å². The number of likely N-dealkylation sites (N-methyl/N-ethyl adjacent to an activating group) is 1. The Morgan fingerprint density at radius 3 is 2.56 bits per heavy atom. The van der Waals surface area contributed by atoms with E-state index in [0.717, 1.165) is 24.9 Å². The molecule has 2 aromatic rings. The van der Waals surface area contributed by atoms with Crippen molar-refractivity contribution in [1.29, 1.82) is 0 Å². The van der Waals surface area contributed by atoms with Crippen LogP contribution in [0.25, 0.3) is 11.2 Å². The van der Waals surface area contributed by atoms with Gasteiger partial charge in [-0.1, -0.05) is 13.0 Å². The van der Waals surface area contributed by atoms with Crippen molar-refractivity contribution >= 4 is 34.9 Å². The van der Waals surface area contributed by atoms with Crippen molar-refractivity contribution < 1.29 is 19.4 Å². The second-order valence-corrected chi connectivity index (χ2v) is 11.4. The zero-order valence-electron chi connectivity index (χ0n) is 24.9. The molecule has 0 radical (unpaired) electrons. The summed E-state index contributed by atoms with van der Waals surface area (Å²) in [5, 5.41) is 16.4. The van der Waals surface area contributed by atoms with Crippen molar-refractivity contribution in [3.05, 3.63) is 18.5 Å². The number of aliphatic hydroxyl groups excluding tert-OH is 1. The highest BCUT2D eigenvalue weighted by atomic mass is 16.6. The first-order valence-corrected chi connectivity index (χ1v) is 14.6. The van der Waals surface area contributed by atoms with Gasteiger partial charge in [0.1, 0.15) is 6.10 Å². The van der Waals surface area contributed by atoms with Crippen molar-refractivity contribution in [1.82, 2.24) is 34.2 Å². The number of nitrogens with zero attached hydrogens (tertiary/aromatic N) is 7. The number of fused-ring (bicyclic) bond motifs is 1. The van der Waals surface area contributed by atoms with Gasteiger partial charge in [-0.05, 0) is 47.2 Å². The summed E-state index contributed by atoms with van der Waals surface area (Å²) in [7, 11) is 3.90. The molecule has 0 saturated carbocycles. The molecule has 0 unspecified atom stereocenters. The van der Waals surface area contributed by atoms with Crippen LogP contribution < -0.4 is 10.6 Å². The summed E-state index contributed by atoms with van der Waals surface area (Å²) in [5.74, 6) is 1.04. The third-order valence-corrected chi connectivity index (χ3v) is 7.57. The summed E-state index contributed by atoms with van der Waals surface area (Å²) in [6, 6.07) is 0.131. The number of hydrogen-bond acceptors (Lipinski definition) is 10. The molecule has 2 aliphatic heterocycles. The van der Waals surface area contributed by atoms with Gasteiger partial charge >= 0.3 is 6.09 Å². The summed E-state index contributed by atoms with van der Waals surface area (Å²) in [6.45, 7) is 8.96. The maximum atomic E-state index is 12.9. The van der Waals surface area contributed by atoms with Crippen LogP contribution in [0, 0.1) is 0 Å². The number of imidazole rings is 1. The fraction of sp³-hybridized carbons (Fsp3) is 0.679. The Morgan fingerprint density at radius 1 is 1.17 bits per heavy atom. The van der Waals surface area contributed by atoms with E-state index < -0.39 is 0 Å². The number of ether oxygens (including phenoxy) is 1. The largest absolute Gasteiger partial charge is 0.444 e. The molecule has 0 aromatic carbocycles. The highest BCUT2D eigenvalue weighted by molar-refractivity contribution is 5.88. The van der Waals surface area contributed by atoms with Crippen LogP contribution in [0.4, 0.5) is 16.6 Å². The number of amides is 2. The molecule has 3 N–H and O–H groups in total. The predicted octanol–water partition coefficient (Wildman–Crippen LogP) is 2.32. The molecule has 13 heteroatoms. The maximum absolute atomic E-state index is 12.9. The molecular weight excluding hydrogens is 526 g/mol. The molecule has 226 valence electrons. The van der Waals surface area contributed by atoms with E-state index in [2.05, 4.69) is 29.5 Å². The van der Waals surface area contributed by atoms with Gasteiger partial charge < -0.3 is 39.7 Å². The zero-order valence-corrected chi connectivity index (χ0v) is 24.9. The third-order valence-electron chi connectivity index (χ3n) is 7.57. The van der Waals surface area contributed by atoms with E-state index in [9.17, 15) is 14.7 Å². The predicted molar refractivity (Wildman–Crippen MR) is 158 cm³/mol. The number of anilines is 2. The Labute approximate surface area is 241 Å². The van der Waals surface area contributed by atoms with E-state index in [1.54, 1.807) is 22.2 Å². The van der Waals surface area contributed by atoms with Gasteiger partial charge in [0.2, 0.25) is 11.9 Å². The average molecular weight is 572 g/mol. The first-order valence-electron chi connectivity index (χ1n) is 14.6. The number of aliphatic hydroxyl groups is 1. The monoisotopic (exact) mass is 571 g/mol. The van der Waals surface area contributed by atoms with E-state index in [-0.39, 0.29) is 42.8 Å². The van der Waals surface area contributed by atoms with Gasteiger partial charge in [-0.3, -0.25) is 4.79 Å². The number of nitrogens with one attached hydrogen (secondary N) is 2. The minimum absolute atomic E-state index is 0.0122. The number of likely N-dealkylation sites (tertiary alicyclic amines) is 2. The molecule has 4 heterocycles. The van der Waals surface area contributed by atoms with Crippen molar-refractivity contribution in [3.8, 4) is 0 Å². The van der Waals surface area contributed by atoms with E-state index in [4.69, 9.17) is 14.7 Å². The topological polar surface area (TPSA) is 141 Å². The lowest BCUT2D eigenvalue weighted by Crippen LogP contribution is -2.44. The molecule has 0 bridgehead atoms. The van der Waals surface area contributed by atoms with E-state index >= 15 is 0 Å². The number of rotatable bonds is 11. The second kappa shape index (κ2) is 13.9. The quantitative estimate of drug-likeness (QED) is 0.344. The number of carbonyl (C=O) groups is 2. The van der Waals surface area contributed by atoms with Crippen LogP contribution >= 0.6 is 0 Å². The normalized spacial score (nSPS) is 19.1. The van der Waals surface area contributed by atoms with Gasteiger partial charge in [-0.15, -0.1) is 0 Å². The molecule has 2 aromatic heterocycles. The zero-order chi connectivity index (χ0) is 29.5. The summed E-state index contributed by atoms with van der Waals surface area (Å²) >= 11 is 0. The summed E-state index contributed by atoms with van der Waals surface area (Å²) in [4.78, 5) is 44.7. The average Bonchev–Trinajstić information content (AvgIpc) is 3.59. The SMILES string of the molecule is CC[C@H](CO)Nc1nc(NC2CCN(C(=O)O[C@@H]3CCN(C(=O)/C=C/CN(C)C)C3)CC2)c2ncn(C(C)C)c2n1. The molecule has 2 aliphatic rings. The van der Waals surface area contributed by atoms with Crippen LogP contribution in [-0.4, -0.2) is 123 Å². The highest BCUT2D eigenvalue weighted by Gasteiger charge is 2.31. The molecule has 2 amide bonds. The van der Waals surface area contributed by atoms with Crippen molar-refractivity contribution in [2.24, 2.45) is 0 Å². The van der Waals surface area contributed by atoms with Gasteiger partial charge in [0, 0.05) is 50.8 Å². The molecule has 2 atom stereocenters. The summed E-state index contributed by atoms with van der Waals surface area (Å²) in [5.41, 5.74) is 1.42. The van der Waals surface area contributed by atoms with Crippen molar-refractivity contribution in [2.75, 3.05) is 64.1 Å². The van der Waals surface area contributed by atoms with Crippen LogP contribution in [0.5, 0.6) is 0 Å². The van der Waals surface area contributed by atoms with Gasteiger partial charge in [0.15, 0.2) is 17.0 Å². The Morgan fingerprint density at radius 2 is 1.90 bits per heavy atom. The first-order chi connectivity index (χ1) is 19.7. The Bertz CT molecular complexity index is 1200. The van der Waals surface area contributed by atoms with Crippen LogP contribution in [0.1, 0.15) is 52.5 Å². The third kappa shape index (κ3) is 7.85.